The summed E-state index contributed by atoms with van der Waals surface area (Å²) < 4.78 is 0. The number of hydrogen-bond donors (Lipinski definition) is 1. The molecule has 0 fully saturated rings. The van der Waals surface area contributed by atoms with Crippen LogP contribution in [0.2, 0.25) is 0 Å². The van der Waals surface area contributed by atoms with Crippen molar-refractivity contribution in [3.63, 3.8) is 0 Å². The van der Waals surface area contributed by atoms with E-state index < -0.39 is 0 Å². The maximum atomic E-state index is 11.3. The molecule has 8 rings (SSSR count). The lowest BCUT2D eigenvalue weighted by molar-refractivity contribution is 0.112. The fraction of sp³-hybridized carbons (Fsp3) is 0.229. The van der Waals surface area contributed by atoms with Crippen molar-refractivity contribution < 1.29 is 9.90 Å². The third kappa shape index (κ3) is 7.85. The highest BCUT2D eigenvalue weighted by Gasteiger charge is 2.34. The van der Waals surface area contributed by atoms with E-state index in [0.29, 0.717) is 17.8 Å². The molecule has 0 saturated carbocycles. The molecule has 52 heavy (non-hydrogen) atoms. The van der Waals surface area contributed by atoms with Crippen LogP contribution in [0, 0.1) is 27.7 Å². The lowest BCUT2D eigenvalue weighted by atomic mass is 9.77. The number of rotatable bonds is 6. The molecule has 0 aromatic heterocycles. The minimum Gasteiger partial charge on any atom is -0.392 e. The molecule has 0 aliphatic carbocycles. The van der Waals surface area contributed by atoms with E-state index in [-0.39, 0.29) is 12.5 Å². The number of aliphatic hydroxyl groups excluding tert-OH is 1. The van der Waals surface area contributed by atoms with Crippen molar-refractivity contribution in [2.45, 2.75) is 67.8 Å². The van der Waals surface area contributed by atoms with E-state index in [1.54, 1.807) is 0 Å². The van der Waals surface area contributed by atoms with Crippen molar-refractivity contribution in [2.24, 2.45) is 0 Å². The molecular weight excluding hydrogens is 673 g/mol. The molecule has 2 aliphatic rings. The molecule has 0 bridgehead atoms. The molecule has 0 radical (unpaired) electrons. The average Bonchev–Trinajstić information content (AvgIpc) is 3.18. The zero-order chi connectivity index (χ0) is 36.2. The van der Waals surface area contributed by atoms with Crippen LogP contribution in [-0.4, -0.2) is 22.9 Å². The Labute approximate surface area is 317 Å². The van der Waals surface area contributed by atoms with Crippen molar-refractivity contribution in [1.29, 1.82) is 0 Å². The first-order valence-corrected chi connectivity index (χ1v) is 20.1. The third-order valence-corrected chi connectivity index (χ3v) is 12.9. The zero-order valence-electron chi connectivity index (χ0n) is 30.4. The molecule has 6 aromatic carbocycles. The van der Waals surface area contributed by atoms with Gasteiger partial charge in [-0.1, -0.05) is 126 Å². The van der Waals surface area contributed by atoms with Crippen molar-refractivity contribution in [2.75, 3.05) is 11.5 Å². The van der Waals surface area contributed by atoms with Gasteiger partial charge >= 0.3 is 0 Å². The van der Waals surface area contributed by atoms with Gasteiger partial charge in [-0.15, -0.1) is 23.5 Å². The smallest absolute Gasteiger partial charge is 0.150 e. The molecule has 4 unspecified atom stereocenters. The molecule has 4 heteroatoms. The van der Waals surface area contributed by atoms with Crippen LogP contribution in [0.3, 0.4) is 0 Å². The lowest BCUT2D eigenvalue weighted by Crippen LogP contribution is -2.20. The molecule has 2 aliphatic heterocycles. The van der Waals surface area contributed by atoms with Crippen LogP contribution in [0.15, 0.2) is 143 Å². The molecule has 0 amide bonds. The molecular formula is C48H46O2S2. The lowest BCUT2D eigenvalue weighted by Gasteiger charge is -2.34. The quantitative estimate of drug-likeness (QED) is 0.174. The Morgan fingerprint density at radius 3 is 1.48 bits per heavy atom. The standard InChI is InChI=1S/C24H24OS.C24H22OS/c2*1-16-6-9-19(10-7-16)22-15-26-23-12-17(2)8-11-21(23)24(22)20-5-3-4-18(13-20)14-25/h3-13,22,24-25H,14-15H2,1-2H3;3-14,22,24H,15H2,1-2H3. The minimum atomic E-state index is 0.0886. The van der Waals surface area contributed by atoms with E-state index in [4.69, 9.17) is 0 Å². The fourth-order valence-corrected chi connectivity index (χ4v) is 10.5. The summed E-state index contributed by atoms with van der Waals surface area (Å²) in [6, 6.07) is 48.1. The molecule has 262 valence electrons. The summed E-state index contributed by atoms with van der Waals surface area (Å²) in [5.74, 6) is 3.56. The van der Waals surface area contributed by atoms with E-state index in [0.717, 1.165) is 28.9 Å². The topological polar surface area (TPSA) is 37.3 Å². The van der Waals surface area contributed by atoms with Crippen LogP contribution < -0.4 is 0 Å². The highest BCUT2D eigenvalue weighted by Crippen LogP contribution is 2.50. The van der Waals surface area contributed by atoms with Crippen molar-refractivity contribution in [1.82, 2.24) is 0 Å². The Balaban J connectivity index is 0.000000162. The van der Waals surface area contributed by atoms with Gasteiger partial charge in [0.15, 0.2) is 0 Å². The first-order valence-electron chi connectivity index (χ1n) is 18.2. The number of aryl methyl sites for hydroxylation is 4. The van der Waals surface area contributed by atoms with Crippen LogP contribution in [-0.2, 0) is 6.61 Å². The third-order valence-electron chi connectivity index (χ3n) is 10.6. The SMILES string of the molecule is Cc1ccc(C2CSc3cc(C)ccc3C2c2cccc(C=O)c2)cc1.Cc1ccc(C2CSc3cc(C)ccc3C2c2cccc(CO)c2)cc1. The predicted octanol–water partition coefficient (Wildman–Crippen LogP) is 12.0. The minimum absolute atomic E-state index is 0.0886. The van der Waals surface area contributed by atoms with E-state index in [9.17, 15) is 9.90 Å². The van der Waals surface area contributed by atoms with Crippen molar-refractivity contribution in [3.8, 4) is 0 Å². The number of aldehydes is 1. The van der Waals surface area contributed by atoms with Crippen LogP contribution >= 0.6 is 23.5 Å². The summed E-state index contributed by atoms with van der Waals surface area (Å²) in [5.41, 5.74) is 15.0. The Kier molecular flexibility index (Phi) is 11.2. The second kappa shape index (κ2) is 16.1. The number of thioether (sulfide) groups is 2. The van der Waals surface area contributed by atoms with E-state index in [1.807, 2.05) is 41.7 Å². The highest BCUT2D eigenvalue weighted by atomic mass is 32.2. The van der Waals surface area contributed by atoms with E-state index in [1.165, 1.54) is 65.4 Å². The number of benzene rings is 6. The summed E-state index contributed by atoms with van der Waals surface area (Å²) in [4.78, 5) is 14.1. The van der Waals surface area contributed by atoms with Crippen molar-refractivity contribution in [3.05, 3.63) is 200 Å². The Bertz CT molecular complexity index is 2170. The molecule has 1 N–H and O–H groups in total. The van der Waals surface area contributed by atoms with Gasteiger partial charge < -0.3 is 5.11 Å². The fourth-order valence-electron chi connectivity index (χ4n) is 7.77. The van der Waals surface area contributed by atoms with Gasteiger partial charge in [-0.2, -0.15) is 0 Å². The average molecular weight is 719 g/mol. The summed E-state index contributed by atoms with van der Waals surface area (Å²) in [5, 5.41) is 9.60. The van der Waals surface area contributed by atoms with Gasteiger partial charge in [0.25, 0.3) is 0 Å². The molecule has 0 spiro atoms. The number of aliphatic hydroxyl groups is 1. The first-order chi connectivity index (χ1) is 25.3. The maximum absolute atomic E-state index is 11.3. The molecule has 6 aromatic rings. The Morgan fingerprint density at radius 2 is 1.00 bits per heavy atom. The van der Waals surface area contributed by atoms with E-state index >= 15 is 0 Å². The number of carbonyl (C=O) groups is 1. The highest BCUT2D eigenvalue weighted by molar-refractivity contribution is 7.99. The summed E-state index contributed by atoms with van der Waals surface area (Å²) >= 11 is 3.92. The van der Waals surface area contributed by atoms with Crippen LogP contribution in [0.4, 0.5) is 0 Å². The van der Waals surface area contributed by atoms with E-state index in [2.05, 4.69) is 143 Å². The largest absolute Gasteiger partial charge is 0.392 e. The van der Waals surface area contributed by atoms with Gasteiger partial charge in [-0.25, -0.2) is 0 Å². The van der Waals surface area contributed by atoms with Crippen LogP contribution in [0.25, 0.3) is 0 Å². The van der Waals surface area contributed by atoms with Crippen LogP contribution in [0.5, 0.6) is 0 Å². The summed E-state index contributed by atoms with van der Waals surface area (Å²) in [7, 11) is 0. The molecule has 2 heterocycles. The van der Waals surface area contributed by atoms with Gasteiger partial charge in [-0.05, 0) is 96.0 Å². The maximum Gasteiger partial charge on any atom is 0.150 e. The Hall–Kier alpha value is -4.35. The van der Waals surface area contributed by atoms with Crippen molar-refractivity contribution >= 4 is 29.8 Å². The zero-order valence-corrected chi connectivity index (χ0v) is 32.0. The van der Waals surface area contributed by atoms with Gasteiger partial charge in [0.1, 0.15) is 6.29 Å². The van der Waals surface area contributed by atoms with Gasteiger partial charge in [0.2, 0.25) is 0 Å². The number of hydrogen-bond acceptors (Lipinski definition) is 4. The predicted molar refractivity (Wildman–Crippen MR) is 220 cm³/mol. The molecule has 2 nitrogen and oxygen atoms in total. The molecule has 0 saturated heterocycles. The monoisotopic (exact) mass is 718 g/mol. The number of carbonyl (C=O) groups excluding carboxylic acids is 1. The van der Waals surface area contributed by atoms with Gasteiger partial charge in [0.05, 0.1) is 6.61 Å². The second-order valence-corrected chi connectivity index (χ2v) is 16.5. The van der Waals surface area contributed by atoms with Gasteiger partial charge in [-0.3, -0.25) is 4.79 Å². The summed E-state index contributed by atoms with van der Waals surface area (Å²) in [6.07, 6.45) is 0.942. The number of fused-ring (bicyclic) bond motifs is 2. The summed E-state index contributed by atoms with van der Waals surface area (Å²) in [6.45, 7) is 8.66. The van der Waals surface area contributed by atoms with Gasteiger partial charge in [0, 0.05) is 50.5 Å². The second-order valence-electron chi connectivity index (χ2n) is 14.4. The van der Waals surface area contributed by atoms with Crippen LogP contribution in [0.1, 0.15) is 95.2 Å². The Morgan fingerprint density at radius 1 is 0.538 bits per heavy atom. The normalized spacial score (nSPS) is 19.1. The first kappa shape index (κ1) is 36.0. The molecule has 4 atom stereocenters.